The van der Waals surface area contributed by atoms with Crippen molar-refractivity contribution >= 4 is 28.3 Å². The average Bonchev–Trinajstić information content (AvgIpc) is 3.36. The SMILES string of the molecule is Cc1n[nH]c2cc(-c3ccc(NC4CCOC4)n4nc(N)nc34)ccc12. The minimum atomic E-state index is 0.252. The topological polar surface area (TPSA) is 106 Å². The quantitative estimate of drug-likeness (QED) is 0.524. The van der Waals surface area contributed by atoms with Crippen molar-refractivity contribution in [3.8, 4) is 11.1 Å². The van der Waals surface area contributed by atoms with Gasteiger partial charge in [0.25, 0.3) is 0 Å². The molecule has 1 atom stereocenters. The number of nitrogen functional groups attached to an aromatic ring is 1. The molecule has 1 fully saturated rings. The number of nitrogens with two attached hydrogens (primary N) is 1. The van der Waals surface area contributed by atoms with Crippen LogP contribution in [-0.4, -0.2) is 44.1 Å². The second kappa shape index (κ2) is 5.70. The largest absolute Gasteiger partial charge is 0.379 e. The molecule has 4 heterocycles. The number of nitrogens with zero attached hydrogens (tertiary/aromatic N) is 4. The molecule has 26 heavy (non-hydrogen) atoms. The summed E-state index contributed by atoms with van der Waals surface area (Å²) in [6.07, 6.45) is 0.975. The maximum Gasteiger partial charge on any atom is 0.240 e. The maximum atomic E-state index is 5.90. The molecule has 4 aromatic rings. The third kappa shape index (κ3) is 2.38. The standard InChI is InChI=1S/C18H19N7O/c1-10-13-3-2-11(8-15(13)23-22-10)14-4-5-16(20-12-6-7-26-9-12)25-17(14)21-18(19)24-25/h2-5,8,12,20H,6-7,9H2,1H3,(H2,19,24)(H,22,23). The van der Waals surface area contributed by atoms with E-state index in [0.29, 0.717) is 6.61 Å². The lowest BCUT2D eigenvalue weighted by molar-refractivity contribution is 0.195. The Morgan fingerprint density at radius 1 is 1.31 bits per heavy atom. The Hall–Kier alpha value is -3.13. The molecule has 132 valence electrons. The summed E-state index contributed by atoms with van der Waals surface area (Å²) in [4.78, 5) is 4.44. The van der Waals surface area contributed by atoms with Crippen LogP contribution in [0, 0.1) is 6.92 Å². The molecule has 1 unspecified atom stereocenters. The van der Waals surface area contributed by atoms with Gasteiger partial charge >= 0.3 is 0 Å². The molecule has 0 saturated carbocycles. The van der Waals surface area contributed by atoms with Crippen molar-refractivity contribution in [2.45, 2.75) is 19.4 Å². The number of rotatable bonds is 3. The Morgan fingerprint density at radius 2 is 2.23 bits per heavy atom. The number of hydrogen-bond donors (Lipinski definition) is 3. The number of benzene rings is 1. The van der Waals surface area contributed by atoms with Gasteiger partial charge in [-0.2, -0.15) is 14.6 Å². The molecule has 0 amide bonds. The highest BCUT2D eigenvalue weighted by Gasteiger charge is 2.18. The second-order valence-electron chi connectivity index (χ2n) is 6.61. The molecule has 0 spiro atoms. The summed E-state index contributed by atoms with van der Waals surface area (Å²) in [5, 5.41) is 16.3. The van der Waals surface area contributed by atoms with Gasteiger partial charge in [0.05, 0.1) is 23.9 Å². The summed E-state index contributed by atoms with van der Waals surface area (Å²) < 4.78 is 7.21. The number of aromatic amines is 1. The number of aryl methyl sites for hydroxylation is 1. The van der Waals surface area contributed by atoms with E-state index in [1.54, 1.807) is 4.52 Å². The number of ether oxygens (including phenoxy) is 1. The Balaban J connectivity index is 1.63. The number of H-pyrrole nitrogens is 1. The summed E-state index contributed by atoms with van der Waals surface area (Å²) in [5.74, 6) is 1.11. The minimum Gasteiger partial charge on any atom is -0.379 e. The zero-order valence-corrected chi connectivity index (χ0v) is 14.4. The van der Waals surface area contributed by atoms with Crippen LogP contribution in [0.4, 0.5) is 11.8 Å². The molecular weight excluding hydrogens is 330 g/mol. The van der Waals surface area contributed by atoms with Crippen LogP contribution in [0.15, 0.2) is 30.3 Å². The van der Waals surface area contributed by atoms with E-state index in [1.807, 2.05) is 19.1 Å². The smallest absolute Gasteiger partial charge is 0.240 e. The molecule has 0 radical (unpaired) electrons. The molecule has 1 saturated heterocycles. The van der Waals surface area contributed by atoms with Crippen molar-refractivity contribution in [3.63, 3.8) is 0 Å². The van der Waals surface area contributed by atoms with Gasteiger partial charge in [-0.1, -0.05) is 12.1 Å². The van der Waals surface area contributed by atoms with E-state index in [1.165, 1.54) is 0 Å². The second-order valence-corrected chi connectivity index (χ2v) is 6.61. The van der Waals surface area contributed by atoms with Crippen LogP contribution >= 0.6 is 0 Å². The fourth-order valence-electron chi connectivity index (χ4n) is 3.49. The van der Waals surface area contributed by atoms with Crippen molar-refractivity contribution in [1.82, 2.24) is 24.8 Å². The van der Waals surface area contributed by atoms with E-state index in [0.717, 1.165) is 52.2 Å². The highest BCUT2D eigenvalue weighted by atomic mass is 16.5. The van der Waals surface area contributed by atoms with Gasteiger partial charge in [0.2, 0.25) is 5.95 Å². The van der Waals surface area contributed by atoms with Gasteiger partial charge in [0, 0.05) is 17.6 Å². The summed E-state index contributed by atoms with van der Waals surface area (Å²) in [7, 11) is 0. The van der Waals surface area contributed by atoms with E-state index >= 15 is 0 Å². The molecule has 0 aliphatic carbocycles. The van der Waals surface area contributed by atoms with Gasteiger partial charge in [-0.15, -0.1) is 5.10 Å². The molecule has 5 rings (SSSR count). The fourth-order valence-corrected chi connectivity index (χ4v) is 3.49. The normalized spacial score (nSPS) is 17.3. The number of hydrogen-bond acceptors (Lipinski definition) is 6. The first-order valence-electron chi connectivity index (χ1n) is 8.64. The summed E-state index contributed by atoms with van der Waals surface area (Å²) in [6, 6.07) is 10.6. The molecule has 1 aliphatic rings. The number of pyridine rings is 1. The number of aromatic nitrogens is 5. The van der Waals surface area contributed by atoms with Gasteiger partial charge in [-0.3, -0.25) is 5.10 Å². The highest BCUT2D eigenvalue weighted by molar-refractivity contribution is 5.89. The predicted molar refractivity (Wildman–Crippen MR) is 100 cm³/mol. The van der Waals surface area contributed by atoms with Crippen LogP contribution in [0.5, 0.6) is 0 Å². The Labute approximate surface area is 149 Å². The lowest BCUT2D eigenvalue weighted by Crippen LogP contribution is -2.21. The first kappa shape index (κ1) is 15.2. The Bertz CT molecular complexity index is 1110. The van der Waals surface area contributed by atoms with Crippen molar-refractivity contribution in [2.24, 2.45) is 0 Å². The minimum absolute atomic E-state index is 0.252. The molecule has 4 N–H and O–H groups in total. The third-order valence-corrected chi connectivity index (χ3v) is 4.85. The van der Waals surface area contributed by atoms with Gasteiger partial charge in [-0.25, -0.2) is 0 Å². The van der Waals surface area contributed by atoms with E-state index in [-0.39, 0.29) is 12.0 Å². The Morgan fingerprint density at radius 3 is 3.08 bits per heavy atom. The predicted octanol–water partition coefficient (Wildman–Crippen LogP) is 2.36. The van der Waals surface area contributed by atoms with Crippen molar-refractivity contribution in [3.05, 3.63) is 36.0 Å². The molecular formula is C18H19N7O. The van der Waals surface area contributed by atoms with Crippen LogP contribution in [0.3, 0.4) is 0 Å². The van der Waals surface area contributed by atoms with Crippen molar-refractivity contribution in [1.29, 1.82) is 0 Å². The zero-order valence-electron chi connectivity index (χ0n) is 14.4. The summed E-state index contributed by atoms with van der Waals surface area (Å²) in [5.41, 5.74) is 10.6. The monoisotopic (exact) mass is 349 g/mol. The van der Waals surface area contributed by atoms with Crippen LogP contribution in [0.1, 0.15) is 12.1 Å². The first-order valence-corrected chi connectivity index (χ1v) is 8.64. The number of fused-ring (bicyclic) bond motifs is 2. The van der Waals surface area contributed by atoms with Crippen LogP contribution in [0.25, 0.3) is 27.7 Å². The van der Waals surface area contributed by atoms with E-state index in [2.05, 4.69) is 43.8 Å². The van der Waals surface area contributed by atoms with E-state index in [4.69, 9.17) is 10.5 Å². The van der Waals surface area contributed by atoms with Crippen molar-refractivity contribution < 1.29 is 4.74 Å². The van der Waals surface area contributed by atoms with Crippen LogP contribution in [-0.2, 0) is 4.74 Å². The molecule has 8 heteroatoms. The molecule has 1 aromatic carbocycles. The number of nitrogens with one attached hydrogen (secondary N) is 2. The Kier molecular flexibility index (Phi) is 3.32. The third-order valence-electron chi connectivity index (χ3n) is 4.85. The lowest BCUT2D eigenvalue weighted by Gasteiger charge is -2.14. The number of anilines is 2. The molecule has 1 aliphatic heterocycles. The van der Waals surface area contributed by atoms with E-state index < -0.39 is 0 Å². The van der Waals surface area contributed by atoms with Gasteiger partial charge in [-0.05, 0) is 37.1 Å². The van der Waals surface area contributed by atoms with Crippen LogP contribution in [0.2, 0.25) is 0 Å². The van der Waals surface area contributed by atoms with Gasteiger partial charge in [0.1, 0.15) is 5.82 Å². The van der Waals surface area contributed by atoms with Gasteiger partial charge < -0.3 is 15.8 Å². The lowest BCUT2D eigenvalue weighted by atomic mass is 10.0. The maximum absolute atomic E-state index is 5.90. The molecule has 3 aromatic heterocycles. The summed E-state index contributed by atoms with van der Waals surface area (Å²) >= 11 is 0. The van der Waals surface area contributed by atoms with Crippen LogP contribution < -0.4 is 11.1 Å². The molecule has 8 nitrogen and oxygen atoms in total. The van der Waals surface area contributed by atoms with Crippen molar-refractivity contribution in [2.75, 3.05) is 24.3 Å². The molecule has 0 bridgehead atoms. The summed E-state index contributed by atoms with van der Waals surface area (Å²) in [6.45, 7) is 3.47. The van der Waals surface area contributed by atoms with E-state index in [9.17, 15) is 0 Å². The first-order chi connectivity index (χ1) is 12.7. The zero-order chi connectivity index (χ0) is 17.7. The van der Waals surface area contributed by atoms with Gasteiger partial charge in [0.15, 0.2) is 5.65 Å². The highest BCUT2D eigenvalue weighted by Crippen LogP contribution is 2.30. The fraction of sp³-hybridized carbons (Fsp3) is 0.278. The average molecular weight is 349 g/mol.